The number of hydrogen-bond donors (Lipinski definition) is 1. The van der Waals surface area contributed by atoms with Crippen LogP contribution < -0.4 is 0 Å². The molecule has 18 heavy (non-hydrogen) atoms. The van der Waals surface area contributed by atoms with Crippen LogP contribution in [0.3, 0.4) is 0 Å². The number of nitrogens with zero attached hydrogens (tertiary/aromatic N) is 1. The summed E-state index contributed by atoms with van der Waals surface area (Å²) in [6.07, 6.45) is 0. The number of halogens is 1. The zero-order chi connectivity index (χ0) is 13.1. The molecule has 0 fully saturated rings. The normalized spacial score (nSPS) is 10.6. The second-order valence-corrected chi connectivity index (χ2v) is 4.54. The first-order valence-corrected chi connectivity index (χ1v) is 5.91. The SMILES string of the molecule is COCc1nc(-c2ccc(F)cc2)sc1C(=O)O. The van der Waals surface area contributed by atoms with Crippen molar-refractivity contribution >= 4 is 17.3 Å². The number of methoxy groups -OCH3 is 1. The maximum Gasteiger partial charge on any atom is 0.347 e. The fraction of sp³-hybridized carbons (Fsp3) is 0.167. The molecule has 0 amide bonds. The third kappa shape index (κ3) is 2.55. The third-order valence-corrected chi connectivity index (χ3v) is 3.40. The van der Waals surface area contributed by atoms with E-state index >= 15 is 0 Å². The van der Waals surface area contributed by atoms with E-state index < -0.39 is 5.97 Å². The first kappa shape index (κ1) is 12.7. The molecule has 6 heteroatoms. The number of rotatable bonds is 4. The molecule has 0 bridgehead atoms. The number of benzene rings is 1. The lowest BCUT2D eigenvalue weighted by molar-refractivity contribution is 0.0697. The number of carboxylic acids is 1. The van der Waals surface area contributed by atoms with Crippen molar-refractivity contribution in [3.63, 3.8) is 0 Å². The Morgan fingerprint density at radius 3 is 2.67 bits per heavy atom. The van der Waals surface area contributed by atoms with Gasteiger partial charge in [0.15, 0.2) is 0 Å². The second kappa shape index (κ2) is 5.24. The summed E-state index contributed by atoms with van der Waals surface area (Å²) in [6, 6.07) is 5.76. The van der Waals surface area contributed by atoms with Crippen LogP contribution in [0.2, 0.25) is 0 Å². The predicted molar refractivity (Wildman–Crippen MR) is 65.2 cm³/mol. The van der Waals surface area contributed by atoms with E-state index in [0.717, 1.165) is 11.3 Å². The van der Waals surface area contributed by atoms with Crippen molar-refractivity contribution in [2.45, 2.75) is 6.61 Å². The van der Waals surface area contributed by atoms with Gasteiger partial charge in [-0.2, -0.15) is 0 Å². The van der Waals surface area contributed by atoms with Gasteiger partial charge >= 0.3 is 5.97 Å². The molecule has 2 aromatic rings. The first-order valence-electron chi connectivity index (χ1n) is 5.09. The van der Waals surface area contributed by atoms with Crippen molar-refractivity contribution in [3.8, 4) is 10.6 Å². The molecule has 1 N–H and O–H groups in total. The fourth-order valence-corrected chi connectivity index (χ4v) is 2.38. The van der Waals surface area contributed by atoms with E-state index in [0.29, 0.717) is 16.3 Å². The molecule has 0 spiro atoms. The van der Waals surface area contributed by atoms with Crippen LogP contribution in [0, 0.1) is 5.82 Å². The van der Waals surface area contributed by atoms with Crippen LogP contribution in [0.5, 0.6) is 0 Å². The van der Waals surface area contributed by atoms with Crippen molar-refractivity contribution in [2.24, 2.45) is 0 Å². The van der Waals surface area contributed by atoms with Gasteiger partial charge < -0.3 is 9.84 Å². The van der Waals surface area contributed by atoms with E-state index in [1.54, 1.807) is 12.1 Å². The molecule has 94 valence electrons. The van der Waals surface area contributed by atoms with Gasteiger partial charge in [-0.25, -0.2) is 14.2 Å². The molecule has 0 saturated carbocycles. The van der Waals surface area contributed by atoms with E-state index in [1.807, 2.05) is 0 Å². The molecule has 0 aliphatic carbocycles. The van der Waals surface area contributed by atoms with Gasteiger partial charge in [0.2, 0.25) is 0 Å². The molecule has 0 saturated heterocycles. The minimum atomic E-state index is -1.03. The third-order valence-electron chi connectivity index (χ3n) is 2.26. The van der Waals surface area contributed by atoms with Crippen molar-refractivity contribution in [1.82, 2.24) is 4.98 Å². The lowest BCUT2D eigenvalue weighted by Crippen LogP contribution is -1.99. The van der Waals surface area contributed by atoms with Gasteiger partial charge in [0.1, 0.15) is 15.7 Å². The van der Waals surface area contributed by atoms with E-state index in [4.69, 9.17) is 9.84 Å². The molecular weight excluding hydrogens is 257 g/mol. The monoisotopic (exact) mass is 267 g/mol. The summed E-state index contributed by atoms with van der Waals surface area (Å²) in [5.74, 6) is -1.38. The zero-order valence-corrected chi connectivity index (χ0v) is 10.3. The summed E-state index contributed by atoms with van der Waals surface area (Å²) in [7, 11) is 1.47. The van der Waals surface area contributed by atoms with Crippen molar-refractivity contribution in [2.75, 3.05) is 7.11 Å². The molecule has 0 radical (unpaired) electrons. The Hall–Kier alpha value is -1.79. The highest BCUT2D eigenvalue weighted by Crippen LogP contribution is 2.28. The molecule has 0 aliphatic rings. The fourth-order valence-electron chi connectivity index (χ4n) is 1.47. The molecule has 1 aromatic carbocycles. The lowest BCUT2D eigenvalue weighted by atomic mass is 10.2. The first-order chi connectivity index (χ1) is 8.61. The van der Waals surface area contributed by atoms with E-state index in [2.05, 4.69) is 4.98 Å². The van der Waals surface area contributed by atoms with Gasteiger partial charge in [0.05, 0.1) is 12.3 Å². The van der Waals surface area contributed by atoms with Crippen molar-refractivity contribution in [3.05, 3.63) is 40.7 Å². The van der Waals surface area contributed by atoms with Crippen molar-refractivity contribution in [1.29, 1.82) is 0 Å². The minimum absolute atomic E-state index is 0.138. The smallest absolute Gasteiger partial charge is 0.347 e. The van der Waals surface area contributed by atoms with E-state index in [9.17, 15) is 9.18 Å². The molecule has 1 aromatic heterocycles. The number of hydrogen-bond acceptors (Lipinski definition) is 4. The Morgan fingerprint density at radius 1 is 1.44 bits per heavy atom. The van der Waals surface area contributed by atoms with Gasteiger partial charge in [-0.05, 0) is 24.3 Å². The maximum atomic E-state index is 12.8. The Morgan fingerprint density at radius 2 is 2.11 bits per heavy atom. The number of carbonyl (C=O) groups is 1. The van der Waals surface area contributed by atoms with Gasteiger partial charge in [-0.3, -0.25) is 0 Å². The molecule has 0 aliphatic heterocycles. The molecule has 4 nitrogen and oxygen atoms in total. The zero-order valence-electron chi connectivity index (χ0n) is 9.51. The highest BCUT2D eigenvalue weighted by atomic mass is 32.1. The van der Waals surface area contributed by atoms with Crippen LogP contribution in [0.1, 0.15) is 15.4 Å². The number of thiazole rings is 1. The van der Waals surface area contributed by atoms with Crippen LogP contribution in [0.15, 0.2) is 24.3 Å². The van der Waals surface area contributed by atoms with Gasteiger partial charge in [0, 0.05) is 12.7 Å². The quantitative estimate of drug-likeness (QED) is 0.925. The van der Waals surface area contributed by atoms with Crippen LogP contribution in [-0.4, -0.2) is 23.2 Å². The second-order valence-electron chi connectivity index (χ2n) is 3.54. The van der Waals surface area contributed by atoms with Gasteiger partial charge in [-0.1, -0.05) is 0 Å². The Balaban J connectivity index is 2.42. The van der Waals surface area contributed by atoms with Crippen molar-refractivity contribution < 1.29 is 19.0 Å². The average molecular weight is 267 g/mol. The Labute approximate surface area is 107 Å². The Bertz CT molecular complexity index is 565. The molecular formula is C12H10FNO3S. The van der Waals surface area contributed by atoms with Crippen LogP contribution >= 0.6 is 11.3 Å². The highest BCUT2D eigenvalue weighted by Gasteiger charge is 2.17. The largest absolute Gasteiger partial charge is 0.477 e. The summed E-state index contributed by atoms with van der Waals surface area (Å²) in [4.78, 5) is 15.4. The topological polar surface area (TPSA) is 59.4 Å². The molecule has 1 heterocycles. The van der Waals surface area contributed by atoms with Gasteiger partial charge in [-0.15, -0.1) is 11.3 Å². The summed E-state index contributed by atoms with van der Waals surface area (Å²) < 4.78 is 17.7. The Kier molecular flexibility index (Phi) is 3.69. The summed E-state index contributed by atoms with van der Waals surface area (Å²) in [6.45, 7) is 0.138. The standard InChI is InChI=1S/C12H10FNO3S/c1-17-6-9-10(12(15)16)18-11(14-9)7-2-4-8(13)5-3-7/h2-5H,6H2,1H3,(H,15,16). The van der Waals surface area contributed by atoms with E-state index in [1.165, 1.54) is 19.2 Å². The summed E-state index contributed by atoms with van der Waals surface area (Å²) in [5.41, 5.74) is 1.07. The number of aromatic nitrogens is 1. The van der Waals surface area contributed by atoms with Crippen LogP contribution in [0.25, 0.3) is 10.6 Å². The molecule has 2 rings (SSSR count). The predicted octanol–water partition coefficient (Wildman–Crippen LogP) is 2.79. The van der Waals surface area contributed by atoms with Gasteiger partial charge in [0.25, 0.3) is 0 Å². The highest BCUT2D eigenvalue weighted by molar-refractivity contribution is 7.17. The summed E-state index contributed by atoms with van der Waals surface area (Å²) >= 11 is 1.05. The molecule has 0 atom stereocenters. The number of ether oxygens (including phenoxy) is 1. The van der Waals surface area contributed by atoms with E-state index in [-0.39, 0.29) is 17.3 Å². The van der Waals surface area contributed by atoms with Crippen LogP contribution in [-0.2, 0) is 11.3 Å². The minimum Gasteiger partial charge on any atom is -0.477 e. The van der Waals surface area contributed by atoms with Crippen LogP contribution in [0.4, 0.5) is 4.39 Å². The average Bonchev–Trinajstić information content (AvgIpc) is 2.75. The lowest BCUT2D eigenvalue weighted by Gasteiger charge is -1.95. The molecule has 0 unspecified atom stereocenters. The number of carboxylic acid groups (broad SMARTS) is 1. The number of aromatic carboxylic acids is 1. The summed E-state index contributed by atoms with van der Waals surface area (Å²) in [5, 5.41) is 9.59. The maximum absolute atomic E-state index is 12.8.